The molecule has 5 heteroatoms. The second-order valence-corrected chi connectivity index (χ2v) is 5.75. The molecule has 0 radical (unpaired) electrons. The van der Waals surface area contributed by atoms with E-state index in [9.17, 15) is 9.90 Å². The Morgan fingerprint density at radius 2 is 2.08 bits per heavy atom. The van der Waals surface area contributed by atoms with Gasteiger partial charge < -0.3 is 15.7 Å². The minimum Gasteiger partial charge on any atom is -0.391 e. The topological polar surface area (TPSA) is 74.2 Å². The summed E-state index contributed by atoms with van der Waals surface area (Å²) in [7, 11) is 0. The van der Waals surface area contributed by atoms with E-state index in [1.807, 2.05) is 30.3 Å². The summed E-state index contributed by atoms with van der Waals surface area (Å²) in [4.78, 5) is 16.2. The van der Waals surface area contributed by atoms with Gasteiger partial charge in [0.25, 0.3) is 0 Å². The van der Waals surface area contributed by atoms with E-state index in [-0.39, 0.29) is 12.1 Å². The van der Waals surface area contributed by atoms with Crippen LogP contribution in [0, 0.1) is 11.8 Å². The van der Waals surface area contributed by atoms with Crippen molar-refractivity contribution < 1.29 is 9.90 Å². The van der Waals surface area contributed by atoms with Crippen molar-refractivity contribution in [2.45, 2.75) is 31.4 Å². The lowest BCUT2D eigenvalue weighted by Gasteiger charge is -2.16. The summed E-state index contributed by atoms with van der Waals surface area (Å²) in [5.74, 6) is 6.01. The van der Waals surface area contributed by atoms with Crippen molar-refractivity contribution in [1.29, 1.82) is 0 Å². The third-order valence-electron chi connectivity index (χ3n) is 3.92. The van der Waals surface area contributed by atoms with Crippen LogP contribution in [0.2, 0.25) is 0 Å². The second-order valence-electron chi connectivity index (χ2n) is 5.75. The molecule has 3 rings (SSSR count). The van der Waals surface area contributed by atoms with E-state index in [1.54, 1.807) is 18.3 Å². The highest BCUT2D eigenvalue weighted by molar-refractivity contribution is 5.89. The number of aliphatic hydroxyl groups is 1. The number of carbonyl (C=O) groups is 1. The van der Waals surface area contributed by atoms with Crippen LogP contribution >= 0.6 is 0 Å². The van der Waals surface area contributed by atoms with Gasteiger partial charge in [0.2, 0.25) is 0 Å². The number of hydrogen-bond donors (Lipinski definition) is 3. The maximum Gasteiger partial charge on any atom is 0.319 e. The molecule has 2 aromatic rings. The Morgan fingerprint density at radius 1 is 1.17 bits per heavy atom. The van der Waals surface area contributed by atoms with Crippen LogP contribution in [-0.4, -0.2) is 28.3 Å². The first kappa shape index (κ1) is 16.0. The van der Waals surface area contributed by atoms with Gasteiger partial charge >= 0.3 is 6.03 Å². The van der Waals surface area contributed by atoms with Gasteiger partial charge in [-0.15, -0.1) is 0 Å². The zero-order valence-corrected chi connectivity index (χ0v) is 13.2. The van der Waals surface area contributed by atoms with E-state index in [0.29, 0.717) is 11.4 Å². The third-order valence-corrected chi connectivity index (χ3v) is 3.92. The molecule has 24 heavy (non-hydrogen) atoms. The SMILES string of the molecule is O=C(Nc1cccc(C#Cc2ccccn2)c1)NC1CCCC1O. The molecule has 0 spiro atoms. The number of hydrogen-bond acceptors (Lipinski definition) is 3. The molecule has 1 aromatic carbocycles. The summed E-state index contributed by atoms with van der Waals surface area (Å²) in [5.41, 5.74) is 2.15. The van der Waals surface area contributed by atoms with Gasteiger partial charge in [0.1, 0.15) is 5.69 Å². The van der Waals surface area contributed by atoms with E-state index in [0.717, 1.165) is 24.8 Å². The van der Waals surface area contributed by atoms with Crippen LogP contribution in [0.3, 0.4) is 0 Å². The van der Waals surface area contributed by atoms with Crippen LogP contribution in [0.5, 0.6) is 0 Å². The van der Waals surface area contributed by atoms with Crippen molar-refractivity contribution in [2.24, 2.45) is 0 Å². The maximum atomic E-state index is 12.0. The van der Waals surface area contributed by atoms with E-state index < -0.39 is 6.10 Å². The molecule has 1 saturated carbocycles. The highest BCUT2D eigenvalue weighted by Gasteiger charge is 2.26. The summed E-state index contributed by atoms with van der Waals surface area (Å²) in [5, 5.41) is 15.4. The van der Waals surface area contributed by atoms with Crippen molar-refractivity contribution in [1.82, 2.24) is 10.3 Å². The molecule has 122 valence electrons. The highest BCUT2D eigenvalue weighted by atomic mass is 16.3. The van der Waals surface area contributed by atoms with Gasteiger partial charge in [0.15, 0.2) is 0 Å². The molecule has 0 saturated heterocycles. The number of anilines is 1. The van der Waals surface area contributed by atoms with Gasteiger partial charge in [-0.1, -0.05) is 18.1 Å². The molecule has 1 fully saturated rings. The fourth-order valence-corrected chi connectivity index (χ4v) is 2.69. The summed E-state index contributed by atoms with van der Waals surface area (Å²) in [6.07, 6.45) is 3.73. The van der Waals surface area contributed by atoms with E-state index >= 15 is 0 Å². The molecule has 1 heterocycles. The van der Waals surface area contributed by atoms with Crippen molar-refractivity contribution in [3.05, 3.63) is 59.9 Å². The fourth-order valence-electron chi connectivity index (χ4n) is 2.69. The molecule has 0 aliphatic heterocycles. The number of nitrogens with zero attached hydrogens (tertiary/aromatic N) is 1. The number of carbonyl (C=O) groups excluding carboxylic acids is 1. The van der Waals surface area contributed by atoms with Gasteiger partial charge in [-0.05, 0) is 55.5 Å². The Bertz CT molecular complexity index is 765. The Morgan fingerprint density at radius 3 is 2.83 bits per heavy atom. The number of rotatable bonds is 2. The summed E-state index contributed by atoms with van der Waals surface area (Å²) in [6, 6.07) is 12.4. The van der Waals surface area contributed by atoms with E-state index in [2.05, 4.69) is 27.5 Å². The fraction of sp³-hybridized carbons (Fsp3) is 0.263. The normalized spacial score (nSPS) is 19.2. The van der Waals surface area contributed by atoms with Crippen LogP contribution in [0.1, 0.15) is 30.5 Å². The van der Waals surface area contributed by atoms with Crippen molar-refractivity contribution in [2.75, 3.05) is 5.32 Å². The van der Waals surface area contributed by atoms with Gasteiger partial charge in [0, 0.05) is 17.4 Å². The number of pyridine rings is 1. The second kappa shape index (κ2) is 7.62. The summed E-state index contributed by atoms with van der Waals surface area (Å²) < 4.78 is 0. The molecular formula is C19H19N3O2. The van der Waals surface area contributed by atoms with Crippen LogP contribution in [0.25, 0.3) is 0 Å². The minimum atomic E-state index is -0.452. The first-order chi connectivity index (χ1) is 11.7. The molecule has 5 nitrogen and oxygen atoms in total. The molecule has 1 aromatic heterocycles. The van der Waals surface area contributed by atoms with Gasteiger partial charge in [0.05, 0.1) is 12.1 Å². The molecule has 1 aliphatic rings. The largest absolute Gasteiger partial charge is 0.391 e. The number of nitrogens with one attached hydrogen (secondary N) is 2. The lowest BCUT2D eigenvalue weighted by molar-refractivity contribution is 0.151. The maximum absolute atomic E-state index is 12.0. The van der Waals surface area contributed by atoms with Crippen LogP contribution < -0.4 is 10.6 Å². The zero-order chi connectivity index (χ0) is 16.8. The predicted octanol–water partition coefficient (Wildman–Crippen LogP) is 2.52. The van der Waals surface area contributed by atoms with E-state index in [4.69, 9.17) is 0 Å². The number of amides is 2. The van der Waals surface area contributed by atoms with Gasteiger partial charge in [-0.25, -0.2) is 9.78 Å². The first-order valence-electron chi connectivity index (χ1n) is 7.99. The third kappa shape index (κ3) is 4.34. The molecule has 2 atom stereocenters. The van der Waals surface area contributed by atoms with Crippen molar-refractivity contribution >= 4 is 11.7 Å². The average molecular weight is 321 g/mol. The van der Waals surface area contributed by atoms with Gasteiger partial charge in [-0.3, -0.25) is 0 Å². The Hall–Kier alpha value is -2.84. The Balaban J connectivity index is 1.63. The molecule has 2 unspecified atom stereocenters. The van der Waals surface area contributed by atoms with Crippen molar-refractivity contribution in [3.63, 3.8) is 0 Å². The zero-order valence-electron chi connectivity index (χ0n) is 13.2. The van der Waals surface area contributed by atoms with Crippen molar-refractivity contribution in [3.8, 4) is 11.8 Å². The van der Waals surface area contributed by atoms with E-state index in [1.165, 1.54) is 0 Å². The Labute approximate surface area is 141 Å². The Kier molecular flexibility index (Phi) is 5.09. The predicted molar refractivity (Wildman–Crippen MR) is 92.5 cm³/mol. The minimum absolute atomic E-state index is 0.169. The van der Waals surface area contributed by atoms with Gasteiger partial charge in [-0.2, -0.15) is 0 Å². The molecule has 0 bridgehead atoms. The molecular weight excluding hydrogens is 302 g/mol. The average Bonchev–Trinajstić information content (AvgIpc) is 2.99. The number of aromatic nitrogens is 1. The highest BCUT2D eigenvalue weighted by Crippen LogP contribution is 2.19. The number of urea groups is 1. The lowest BCUT2D eigenvalue weighted by Crippen LogP contribution is -2.42. The smallest absolute Gasteiger partial charge is 0.319 e. The number of aliphatic hydroxyl groups excluding tert-OH is 1. The van der Waals surface area contributed by atoms with Crippen LogP contribution in [-0.2, 0) is 0 Å². The van der Waals surface area contributed by atoms with Crippen LogP contribution in [0.15, 0.2) is 48.7 Å². The molecule has 3 N–H and O–H groups in total. The standard InChI is InChI=1S/C19H19N3O2/c23-18-9-4-8-17(18)22-19(24)21-16-7-3-5-14(13-16)10-11-15-6-1-2-12-20-15/h1-3,5-7,12-13,17-18,23H,4,8-9H2,(H2,21,22,24). The monoisotopic (exact) mass is 321 g/mol. The molecule has 1 aliphatic carbocycles. The molecule has 2 amide bonds. The van der Waals surface area contributed by atoms with Crippen LogP contribution in [0.4, 0.5) is 10.5 Å². The summed E-state index contributed by atoms with van der Waals surface area (Å²) in [6.45, 7) is 0. The number of benzene rings is 1. The quantitative estimate of drug-likeness (QED) is 0.744. The lowest BCUT2D eigenvalue weighted by atomic mass is 10.2. The first-order valence-corrected chi connectivity index (χ1v) is 7.99. The summed E-state index contributed by atoms with van der Waals surface area (Å²) >= 11 is 0.